The summed E-state index contributed by atoms with van der Waals surface area (Å²) in [6.45, 7) is 2.92. The van der Waals surface area contributed by atoms with Crippen molar-refractivity contribution in [3.8, 4) is 5.75 Å². The van der Waals surface area contributed by atoms with Crippen LogP contribution in [0.3, 0.4) is 0 Å². The highest BCUT2D eigenvalue weighted by molar-refractivity contribution is 9.10. The fourth-order valence-corrected chi connectivity index (χ4v) is 2.08. The zero-order chi connectivity index (χ0) is 10.1. The summed E-state index contributed by atoms with van der Waals surface area (Å²) < 4.78 is 8.09. The minimum atomic E-state index is 0.839. The molecule has 0 aliphatic heterocycles. The Balaban J connectivity index is 2.66. The van der Waals surface area contributed by atoms with E-state index in [9.17, 15) is 0 Å². The molecule has 0 N–H and O–H groups in total. The van der Waals surface area contributed by atoms with Crippen LogP contribution in [-0.2, 0) is 6.54 Å². The maximum Gasteiger partial charge on any atom is 0.121 e. The van der Waals surface area contributed by atoms with Crippen LogP contribution in [0.4, 0.5) is 0 Å². The summed E-state index contributed by atoms with van der Waals surface area (Å²) >= 11 is 3.52. The van der Waals surface area contributed by atoms with Crippen LogP contribution >= 0.6 is 15.9 Å². The SMILES string of the molecule is CCn1nc2cc(OC)ccc2c1Br. The van der Waals surface area contributed by atoms with E-state index in [1.54, 1.807) is 7.11 Å². The van der Waals surface area contributed by atoms with Crippen molar-refractivity contribution in [2.24, 2.45) is 0 Å². The van der Waals surface area contributed by atoms with Gasteiger partial charge in [-0.3, -0.25) is 4.68 Å². The standard InChI is InChI=1S/C10H11BrN2O/c1-3-13-10(11)8-5-4-7(14-2)6-9(8)12-13/h4-6H,3H2,1-2H3. The maximum absolute atomic E-state index is 5.14. The lowest BCUT2D eigenvalue weighted by Gasteiger charge is -1.97. The third-order valence-corrected chi connectivity index (χ3v) is 3.02. The lowest BCUT2D eigenvalue weighted by atomic mass is 10.2. The van der Waals surface area contributed by atoms with Gasteiger partial charge in [0.1, 0.15) is 10.4 Å². The van der Waals surface area contributed by atoms with Crippen LogP contribution in [0.15, 0.2) is 22.8 Å². The highest BCUT2D eigenvalue weighted by Gasteiger charge is 2.07. The van der Waals surface area contributed by atoms with E-state index < -0.39 is 0 Å². The van der Waals surface area contributed by atoms with Crippen LogP contribution in [0.25, 0.3) is 10.9 Å². The third kappa shape index (κ3) is 1.39. The predicted molar refractivity (Wildman–Crippen MR) is 59.7 cm³/mol. The number of ether oxygens (including phenoxy) is 1. The number of rotatable bonds is 2. The molecule has 0 fully saturated rings. The minimum Gasteiger partial charge on any atom is -0.497 e. The zero-order valence-electron chi connectivity index (χ0n) is 8.12. The number of benzene rings is 1. The first-order chi connectivity index (χ1) is 6.76. The third-order valence-electron chi connectivity index (χ3n) is 2.18. The Morgan fingerprint density at radius 3 is 2.93 bits per heavy atom. The first-order valence-corrected chi connectivity index (χ1v) is 5.25. The number of nitrogens with zero attached hydrogens (tertiary/aromatic N) is 2. The second-order valence-electron chi connectivity index (χ2n) is 2.99. The van der Waals surface area contributed by atoms with Crippen LogP contribution in [0.2, 0.25) is 0 Å². The Morgan fingerprint density at radius 1 is 1.50 bits per heavy atom. The molecule has 0 saturated carbocycles. The number of halogens is 1. The van der Waals surface area contributed by atoms with E-state index in [2.05, 4.69) is 28.0 Å². The smallest absolute Gasteiger partial charge is 0.121 e. The summed E-state index contributed by atoms with van der Waals surface area (Å²) in [5.74, 6) is 0.839. The predicted octanol–water partition coefficient (Wildman–Crippen LogP) is 2.83. The van der Waals surface area contributed by atoms with Crippen molar-refractivity contribution in [2.75, 3.05) is 7.11 Å². The molecule has 0 amide bonds. The average Bonchev–Trinajstić information content (AvgIpc) is 2.55. The maximum atomic E-state index is 5.14. The molecule has 3 nitrogen and oxygen atoms in total. The van der Waals surface area contributed by atoms with Gasteiger partial charge in [-0.05, 0) is 35.0 Å². The van der Waals surface area contributed by atoms with E-state index in [-0.39, 0.29) is 0 Å². The van der Waals surface area contributed by atoms with Gasteiger partial charge in [-0.15, -0.1) is 0 Å². The van der Waals surface area contributed by atoms with Gasteiger partial charge in [0.05, 0.1) is 12.6 Å². The summed E-state index contributed by atoms with van der Waals surface area (Å²) in [7, 11) is 1.66. The molecule has 2 aromatic rings. The lowest BCUT2D eigenvalue weighted by Crippen LogP contribution is -1.95. The summed E-state index contributed by atoms with van der Waals surface area (Å²) in [6, 6.07) is 5.89. The molecule has 0 radical (unpaired) electrons. The molecule has 0 bridgehead atoms. The molecular weight excluding hydrogens is 244 g/mol. The van der Waals surface area contributed by atoms with E-state index in [0.29, 0.717) is 0 Å². The quantitative estimate of drug-likeness (QED) is 0.825. The summed E-state index contributed by atoms with van der Waals surface area (Å²) in [4.78, 5) is 0. The minimum absolute atomic E-state index is 0.839. The molecule has 0 aliphatic rings. The first-order valence-electron chi connectivity index (χ1n) is 4.46. The van der Waals surface area contributed by atoms with Gasteiger partial charge < -0.3 is 4.74 Å². The Morgan fingerprint density at radius 2 is 2.29 bits per heavy atom. The van der Waals surface area contributed by atoms with Crippen molar-refractivity contribution in [1.29, 1.82) is 0 Å². The Hall–Kier alpha value is -1.03. The Kier molecular flexibility index (Phi) is 2.46. The fraction of sp³-hybridized carbons (Fsp3) is 0.300. The Bertz CT molecular complexity index is 464. The van der Waals surface area contributed by atoms with E-state index in [4.69, 9.17) is 4.74 Å². The summed E-state index contributed by atoms with van der Waals surface area (Å²) in [6.07, 6.45) is 0. The molecule has 2 rings (SSSR count). The molecule has 4 heteroatoms. The molecule has 0 unspecified atom stereocenters. The number of hydrogen-bond acceptors (Lipinski definition) is 2. The van der Waals surface area contributed by atoms with Crippen molar-refractivity contribution < 1.29 is 4.74 Å². The molecule has 0 aliphatic carbocycles. The van der Waals surface area contributed by atoms with Gasteiger partial charge in [0.15, 0.2) is 0 Å². The van der Waals surface area contributed by atoms with Gasteiger partial charge in [0.25, 0.3) is 0 Å². The summed E-state index contributed by atoms with van der Waals surface area (Å²) in [5, 5.41) is 5.55. The van der Waals surface area contributed by atoms with E-state index >= 15 is 0 Å². The van der Waals surface area contributed by atoms with Crippen molar-refractivity contribution in [3.63, 3.8) is 0 Å². The van der Waals surface area contributed by atoms with E-state index in [0.717, 1.165) is 27.8 Å². The van der Waals surface area contributed by atoms with Gasteiger partial charge in [0.2, 0.25) is 0 Å². The van der Waals surface area contributed by atoms with Gasteiger partial charge in [-0.1, -0.05) is 0 Å². The van der Waals surface area contributed by atoms with Gasteiger partial charge in [-0.2, -0.15) is 5.10 Å². The number of fused-ring (bicyclic) bond motifs is 1. The number of hydrogen-bond donors (Lipinski definition) is 0. The number of aromatic nitrogens is 2. The first kappa shape index (κ1) is 9.52. The molecule has 0 spiro atoms. The van der Waals surface area contributed by atoms with Crippen LogP contribution in [0.1, 0.15) is 6.92 Å². The normalized spacial score (nSPS) is 10.8. The molecule has 1 aromatic carbocycles. The van der Waals surface area contributed by atoms with Crippen LogP contribution in [0, 0.1) is 0 Å². The molecule has 74 valence electrons. The summed E-state index contributed by atoms with van der Waals surface area (Å²) in [5.41, 5.74) is 0.957. The topological polar surface area (TPSA) is 27.1 Å². The van der Waals surface area contributed by atoms with Gasteiger partial charge in [-0.25, -0.2) is 0 Å². The van der Waals surface area contributed by atoms with Crippen molar-refractivity contribution >= 4 is 26.8 Å². The molecule has 1 heterocycles. The molecule has 0 saturated heterocycles. The Labute approximate surface area is 90.8 Å². The molecule has 14 heavy (non-hydrogen) atoms. The van der Waals surface area contributed by atoms with Crippen LogP contribution in [0.5, 0.6) is 5.75 Å². The molecule has 0 atom stereocenters. The molecule has 1 aromatic heterocycles. The highest BCUT2D eigenvalue weighted by atomic mass is 79.9. The second-order valence-corrected chi connectivity index (χ2v) is 3.74. The van der Waals surface area contributed by atoms with Crippen LogP contribution in [-0.4, -0.2) is 16.9 Å². The largest absolute Gasteiger partial charge is 0.497 e. The van der Waals surface area contributed by atoms with E-state index in [1.165, 1.54) is 0 Å². The zero-order valence-corrected chi connectivity index (χ0v) is 9.71. The molecular formula is C10H11BrN2O. The number of aryl methyl sites for hydroxylation is 1. The van der Waals surface area contributed by atoms with Crippen molar-refractivity contribution in [3.05, 3.63) is 22.8 Å². The van der Waals surface area contributed by atoms with Gasteiger partial charge in [0, 0.05) is 18.0 Å². The number of methoxy groups -OCH3 is 1. The second kappa shape index (κ2) is 3.61. The average molecular weight is 255 g/mol. The van der Waals surface area contributed by atoms with Crippen molar-refractivity contribution in [1.82, 2.24) is 9.78 Å². The van der Waals surface area contributed by atoms with E-state index in [1.807, 2.05) is 22.9 Å². The lowest BCUT2D eigenvalue weighted by molar-refractivity contribution is 0.415. The highest BCUT2D eigenvalue weighted by Crippen LogP contribution is 2.26. The monoisotopic (exact) mass is 254 g/mol. The van der Waals surface area contributed by atoms with Gasteiger partial charge >= 0.3 is 0 Å². The fourth-order valence-electron chi connectivity index (χ4n) is 1.42. The van der Waals surface area contributed by atoms with Crippen molar-refractivity contribution in [2.45, 2.75) is 13.5 Å². The van der Waals surface area contributed by atoms with Crippen LogP contribution < -0.4 is 4.74 Å².